The molecule has 2 aromatic carbocycles. The summed E-state index contributed by atoms with van der Waals surface area (Å²) in [7, 11) is 0. The Morgan fingerprint density at radius 2 is 1.65 bits per heavy atom. The van der Waals surface area contributed by atoms with Crippen LogP contribution in [0.25, 0.3) is 0 Å². The third-order valence-corrected chi connectivity index (χ3v) is 3.76. The van der Waals surface area contributed by atoms with Gasteiger partial charge >= 0.3 is 5.97 Å². The SMILES string of the molecule is O=C(CC(Cc1ccc(Cl)cc1)C(=O)O)NCc1ccccc1. The quantitative estimate of drug-likeness (QED) is 0.818. The molecule has 0 heterocycles. The van der Waals surface area contributed by atoms with Crippen molar-refractivity contribution in [1.82, 2.24) is 5.32 Å². The summed E-state index contributed by atoms with van der Waals surface area (Å²) in [4.78, 5) is 23.4. The average molecular weight is 332 g/mol. The lowest BCUT2D eigenvalue weighted by molar-refractivity contribution is -0.144. The summed E-state index contributed by atoms with van der Waals surface area (Å²) in [6, 6.07) is 16.5. The number of amides is 1. The summed E-state index contributed by atoms with van der Waals surface area (Å²) in [5.41, 5.74) is 1.82. The minimum Gasteiger partial charge on any atom is -0.481 e. The van der Waals surface area contributed by atoms with Crippen LogP contribution in [-0.2, 0) is 22.6 Å². The van der Waals surface area contributed by atoms with Crippen LogP contribution in [-0.4, -0.2) is 17.0 Å². The summed E-state index contributed by atoms with van der Waals surface area (Å²) in [6.07, 6.45) is 0.246. The fourth-order valence-corrected chi connectivity index (χ4v) is 2.37. The van der Waals surface area contributed by atoms with Gasteiger partial charge in [0.2, 0.25) is 5.91 Å². The number of halogens is 1. The normalized spacial score (nSPS) is 11.7. The van der Waals surface area contributed by atoms with E-state index in [2.05, 4.69) is 5.32 Å². The van der Waals surface area contributed by atoms with Gasteiger partial charge in [0, 0.05) is 18.0 Å². The number of benzene rings is 2. The molecule has 1 unspecified atom stereocenters. The second-order valence-corrected chi connectivity index (χ2v) is 5.77. The maximum Gasteiger partial charge on any atom is 0.307 e. The van der Waals surface area contributed by atoms with Crippen LogP contribution < -0.4 is 5.32 Å². The highest BCUT2D eigenvalue weighted by atomic mass is 35.5. The van der Waals surface area contributed by atoms with Crippen molar-refractivity contribution in [2.75, 3.05) is 0 Å². The largest absolute Gasteiger partial charge is 0.481 e. The molecule has 0 aromatic heterocycles. The third-order valence-electron chi connectivity index (χ3n) is 3.51. The molecule has 0 fully saturated rings. The van der Waals surface area contributed by atoms with Gasteiger partial charge in [0.15, 0.2) is 0 Å². The number of rotatable bonds is 7. The van der Waals surface area contributed by atoms with Crippen LogP contribution in [0.2, 0.25) is 5.02 Å². The Morgan fingerprint density at radius 1 is 1.00 bits per heavy atom. The number of aliphatic carboxylic acids is 1. The van der Waals surface area contributed by atoms with E-state index >= 15 is 0 Å². The van der Waals surface area contributed by atoms with Crippen molar-refractivity contribution in [3.05, 3.63) is 70.7 Å². The number of carbonyl (C=O) groups is 2. The molecule has 23 heavy (non-hydrogen) atoms. The van der Waals surface area contributed by atoms with Gasteiger partial charge in [0.25, 0.3) is 0 Å². The second-order valence-electron chi connectivity index (χ2n) is 5.33. The summed E-state index contributed by atoms with van der Waals surface area (Å²) < 4.78 is 0. The average Bonchev–Trinajstić information content (AvgIpc) is 2.55. The lowest BCUT2D eigenvalue weighted by Gasteiger charge is -2.13. The zero-order valence-electron chi connectivity index (χ0n) is 12.5. The number of nitrogens with one attached hydrogen (secondary N) is 1. The van der Waals surface area contributed by atoms with Crippen LogP contribution in [0, 0.1) is 5.92 Å². The number of hydrogen-bond acceptors (Lipinski definition) is 2. The van der Waals surface area contributed by atoms with Gasteiger partial charge in [-0.1, -0.05) is 54.1 Å². The van der Waals surface area contributed by atoms with Crippen molar-refractivity contribution in [3.8, 4) is 0 Å². The van der Waals surface area contributed by atoms with Crippen molar-refractivity contribution < 1.29 is 14.7 Å². The van der Waals surface area contributed by atoms with Crippen LogP contribution in [0.3, 0.4) is 0 Å². The molecule has 0 aliphatic carbocycles. The van der Waals surface area contributed by atoms with Gasteiger partial charge in [-0.25, -0.2) is 0 Å². The highest BCUT2D eigenvalue weighted by Crippen LogP contribution is 2.16. The Hall–Kier alpha value is -2.33. The van der Waals surface area contributed by atoms with Gasteiger partial charge in [0.1, 0.15) is 0 Å². The molecular formula is C18H18ClNO3. The van der Waals surface area contributed by atoms with Crippen LogP contribution in [0.15, 0.2) is 54.6 Å². The van der Waals surface area contributed by atoms with Crippen LogP contribution in [0.5, 0.6) is 0 Å². The zero-order chi connectivity index (χ0) is 16.7. The first-order valence-electron chi connectivity index (χ1n) is 7.32. The molecule has 0 spiro atoms. The predicted octanol–water partition coefficient (Wildman–Crippen LogP) is 3.29. The molecule has 2 N–H and O–H groups in total. The smallest absolute Gasteiger partial charge is 0.307 e. The van der Waals surface area contributed by atoms with E-state index in [4.69, 9.17) is 11.6 Å². The fraction of sp³-hybridized carbons (Fsp3) is 0.222. The predicted molar refractivity (Wildman–Crippen MR) is 89.2 cm³/mol. The molecule has 120 valence electrons. The highest BCUT2D eigenvalue weighted by Gasteiger charge is 2.21. The van der Waals surface area contributed by atoms with Gasteiger partial charge in [-0.3, -0.25) is 9.59 Å². The number of hydrogen-bond donors (Lipinski definition) is 2. The van der Waals surface area contributed by atoms with E-state index in [1.54, 1.807) is 24.3 Å². The second kappa shape index (κ2) is 8.34. The highest BCUT2D eigenvalue weighted by molar-refractivity contribution is 6.30. The molecule has 4 nitrogen and oxygen atoms in total. The van der Waals surface area contributed by atoms with E-state index in [-0.39, 0.29) is 12.3 Å². The number of carbonyl (C=O) groups excluding carboxylic acids is 1. The first-order valence-corrected chi connectivity index (χ1v) is 7.70. The summed E-state index contributed by atoms with van der Waals surface area (Å²) >= 11 is 5.81. The topological polar surface area (TPSA) is 66.4 Å². The molecule has 2 rings (SSSR count). The first kappa shape index (κ1) is 17.0. The van der Waals surface area contributed by atoms with Crippen molar-refractivity contribution in [2.24, 2.45) is 5.92 Å². The van der Waals surface area contributed by atoms with Crippen LogP contribution in [0.1, 0.15) is 17.5 Å². The van der Waals surface area contributed by atoms with Gasteiger partial charge in [0.05, 0.1) is 5.92 Å². The Kier molecular flexibility index (Phi) is 6.18. The lowest BCUT2D eigenvalue weighted by Crippen LogP contribution is -2.29. The van der Waals surface area contributed by atoms with Gasteiger partial charge in [-0.15, -0.1) is 0 Å². The molecule has 0 aliphatic rings. The Labute approximate surface area is 140 Å². The summed E-state index contributed by atoms with van der Waals surface area (Å²) in [5.74, 6) is -2.00. The van der Waals surface area contributed by atoms with E-state index in [0.717, 1.165) is 11.1 Å². The monoisotopic (exact) mass is 331 g/mol. The van der Waals surface area contributed by atoms with Crippen molar-refractivity contribution in [1.29, 1.82) is 0 Å². The van der Waals surface area contributed by atoms with Crippen molar-refractivity contribution >= 4 is 23.5 Å². The van der Waals surface area contributed by atoms with E-state index in [1.807, 2.05) is 30.3 Å². The standard InChI is InChI=1S/C18H18ClNO3/c19-16-8-6-13(7-9-16)10-15(18(22)23)11-17(21)20-12-14-4-2-1-3-5-14/h1-9,15H,10-12H2,(H,20,21)(H,22,23). The minimum atomic E-state index is -0.977. The van der Waals surface area contributed by atoms with Crippen molar-refractivity contribution in [3.63, 3.8) is 0 Å². The molecule has 0 bridgehead atoms. The van der Waals surface area contributed by atoms with Crippen LogP contribution in [0.4, 0.5) is 0 Å². The summed E-state index contributed by atoms with van der Waals surface area (Å²) in [5, 5.41) is 12.7. The molecule has 0 saturated carbocycles. The third kappa shape index (κ3) is 5.75. The molecule has 1 atom stereocenters. The van der Waals surface area contributed by atoms with Crippen molar-refractivity contribution in [2.45, 2.75) is 19.4 Å². The van der Waals surface area contributed by atoms with E-state index in [1.165, 1.54) is 0 Å². The Morgan fingerprint density at radius 3 is 2.26 bits per heavy atom. The maximum atomic E-state index is 12.0. The Bertz CT molecular complexity index is 656. The van der Waals surface area contributed by atoms with Gasteiger partial charge in [-0.2, -0.15) is 0 Å². The number of carboxylic acid groups (broad SMARTS) is 1. The molecule has 0 saturated heterocycles. The maximum absolute atomic E-state index is 12.0. The van der Waals surface area contributed by atoms with Crippen LogP contribution >= 0.6 is 11.6 Å². The molecule has 5 heteroatoms. The molecule has 0 radical (unpaired) electrons. The summed E-state index contributed by atoms with van der Waals surface area (Å²) in [6.45, 7) is 0.396. The van der Waals surface area contributed by atoms with E-state index in [9.17, 15) is 14.7 Å². The van der Waals surface area contributed by atoms with E-state index < -0.39 is 11.9 Å². The van der Waals surface area contributed by atoms with E-state index in [0.29, 0.717) is 18.0 Å². The molecule has 2 aromatic rings. The number of carboxylic acids is 1. The first-order chi connectivity index (χ1) is 11.0. The lowest BCUT2D eigenvalue weighted by atomic mass is 9.96. The minimum absolute atomic E-state index is 0.0508. The van der Waals surface area contributed by atoms with Gasteiger partial charge < -0.3 is 10.4 Å². The molecule has 1 amide bonds. The Balaban J connectivity index is 1.89. The molecule has 0 aliphatic heterocycles. The molecular weight excluding hydrogens is 314 g/mol. The van der Waals surface area contributed by atoms with Gasteiger partial charge in [-0.05, 0) is 29.7 Å². The zero-order valence-corrected chi connectivity index (χ0v) is 13.3. The fourth-order valence-electron chi connectivity index (χ4n) is 2.24.